The van der Waals surface area contributed by atoms with Crippen molar-refractivity contribution in [3.8, 4) is 5.75 Å². The largest absolute Gasteiger partial charge is 0.508 e. The number of benzene rings is 1. The lowest BCUT2D eigenvalue weighted by molar-refractivity contribution is 0.0213. The summed E-state index contributed by atoms with van der Waals surface area (Å²) in [6.45, 7) is 5.05. The Morgan fingerprint density at radius 1 is 0.885 bits per heavy atom. The molecule has 2 fully saturated rings. The number of aromatic hydroxyl groups is 1. The summed E-state index contributed by atoms with van der Waals surface area (Å²) in [5, 5.41) is 9.43. The van der Waals surface area contributed by atoms with E-state index < -0.39 is 0 Å². The molecule has 0 aromatic heterocycles. The van der Waals surface area contributed by atoms with Crippen LogP contribution in [0.2, 0.25) is 0 Å². The Kier molecular flexibility index (Phi) is 7.06. The molecule has 1 aromatic rings. The normalized spacial score (nSPS) is 27.2. The maximum atomic E-state index is 9.43. The molecule has 2 aliphatic rings. The quantitative estimate of drug-likeness (QED) is 0.535. The van der Waals surface area contributed by atoms with Crippen molar-refractivity contribution in [2.45, 2.75) is 97.3 Å². The Bertz CT molecular complexity index is 520. The number of hydrogen-bond acceptors (Lipinski definition) is 1. The summed E-state index contributed by atoms with van der Waals surface area (Å²) in [5.74, 6) is 3.26. The van der Waals surface area contributed by atoms with Gasteiger partial charge in [0, 0.05) is 0 Å². The number of phenolic OH excluding ortho intramolecular Hbond substituents is 1. The molecule has 3 rings (SSSR count). The molecule has 0 radical (unpaired) electrons. The molecule has 146 valence electrons. The van der Waals surface area contributed by atoms with Crippen LogP contribution in [0.1, 0.15) is 96.5 Å². The van der Waals surface area contributed by atoms with E-state index in [4.69, 9.17) is 0 Å². The fourth-order valence-electron chi connectivity index (χ4n) is 6.19. The van der Waals surface area contributed by atoms with Crippen LogP contribution in [0.5, 0.6) is 5.75 Å². The zero-order valence-electron chi connectivity index (χ0n) is 17.2. The highest BCUT2D eigenvalue weighted by Crippen LogP contribution is 2.52. The average Bonchev–Trinajstić information content (AvgIpc) is 2.69. The lowest BCUT2D eigenvalue weighted by Gasteiger charge is -2.48. The smallest absolute Gasteiger partial charge is 0.115 e. The van der Waals surface area contributed by atoms with Crippen molar-refractivity contribution in [1.29, 1.82) is 0 Å². The van der Waals surface area contributed by atoms with E-state index in [9.17, 15) is 5.11 Å². The highest BCUT2D eigenvalue weighted by atomic mass is 16.3. The zero-order chi connectivity index (χ0) is 18.4. The fraction of sp³-hybridized carbons (Fsp3) is 0.760. The van der Waals surface area contributed by atoms with Crippen LogP contribution >= 0.6 is 0 Å². The Morgan fingerprint density at radius 2 is 1.50 bits per heavy atom. The minimum Gasteiger partial charge on any atom is -0.508 e. The molecule has 0 heterocycles. The van der Waals surface area contributed by atoms with Gasteiger partial charge in [-0.25, -0.2) is 0 Å². The standard InChI is InChI=1S/C25H40O/c1-3-19-25(2,22-7-5-4-6-8-22)23-15-11-20(12-16-23)9-10-21-13-17-24(26)18-14-21/h13-14,17-18,20,22-23,26H,3-12,15-16,19H2,1-2H3. The van der Waals surface area contributed by atoms with E-state index in [-0.39, 0.29) is 0 Å². The summed E-state index contributed by atoms with van der Waals surface area (Å²) < 4.78 is 0. The average molecular weight is 357 g/mol. The highest BCUT2D eigenvalue weighted by molar-refractivity contribution is 5.25. The van der Waals surface area contributed by atoms with E-state index in [1.165, 1.54) is 89.0 Å². The van der Waals surface area contributed by atoms with Crippen LogP contribution in [0.4, 0.5) is 0 Å². The number of phenols is 1. The van der Waals surface area contributed by atoms with E-state index in [0.29, 0.717) is 11.2 Å². The van der Waals surface area contributed by atoms with Crippen molar-refractivity contribution in [3.63, 3.8) is 0 Å². The van der Waals surface area contributed by atoms with Gasteiger partial charge in [0.05, 0.1) is 0 Å². The Balaban J connectivity index is 1.51. The molecule has 0 bridgehead atoms. The van der Waals surface area contributed by atoms with Crippen LogP contribution in [0, 0.1) is 23.2 Å². The molecular formula is C25H40O. The minimum absolute atomic E-state index is 0.382. The fourth-order valence-corrected chi connectivity index (χ4v) is 6.19. The minimum atomic E-state index is 0.382. The van der Waals surface area contributed by atoms with Crippen LogP contribution < -0.4 is 0 Å². The van der Waals surface area contributed by atoms with Crippen molar-refractivity contribution in [2.24, 2.45) is 23.2 Å². The molecule has 1 N–H and O–H groups in total. The van der Waals surface area contributed by atoms with Gasteiger partial charge in [-0.2, -0.15) is 0 Å². The third kappa shape index (κ3) is 4.84. The van der Waals surface area contributed by atoms with E-state index in [2.05, 4.69) is 26.0 Å². The van der Waals surface area contributed by atoms with Gasteiger partial charge in [0.2, 0.25) is 0 Å². The molecule has 0 aliphatic heterocycles. The van der Waals surface area contributed by atoms with Crippen molar-refractivity contribution in [2.75, 3.05) is 0 Å². The molecule has 1 heteroatoms. The number of aryl methyl sites for hydroxylation is 1. The van der Waals surface area contributed by atoms with Gasteiger partial charge >= 0.3 is 0 Å². The third-order valence-electron chi connectivity index (χ3n) is 7.88. The van der Waals surface area contributed by atoms with Gasteiger partial charge in [0.1, 0.15) is 5.75 Å². The second-order valence-corrected chi connectivity index (χ2v) is 9.51. The van der Waals surface area contributed by atoms with Gasteiger partial charge in [0.15, 0.2) is 0 Å². The topological polar surface area (TPSA) is 20.2 Å². The van der Waals surface area contributed by atoms with Gasteiger partial charge in [-0.3, -0.25) is 0 Å². The summed E-state index contributed by atoms with van der Waals surface area (Å²) in [6.07, 6.45) is 18.5. The summed E-state index contributed by atoms with van der Waals surface area (Å²) in [6, 6.07) is 7.82. The van der Waals surface area contributed by atoms with Gasteiger partial charge in [0.25, 0.3) is 0 Å². The SMILES string of the molecule is CCCC(C)(C1CCCCC1)C1CCC(CCc2ccc(O)cc2)CC1. The molecule has 0 amide bonds. The first-order chi connectivity index (χ1) is 12.6. The second-order valence-electron chi connectivity index (χ2n) is 9.51. The molecule has 1 atom stereocenters. The van der Waals surface area contributed by atoms with Crippen molar-refractivity contribution in [3.05, 3.63) is 29.8 Å². The van der Waals surface area contributed by atoms with Crippen molar-refractivity contribution in [1.82, 2.24) is 0 Å². The summed E-state index contributed by atoms with van der Waals surface area (Å²) in [5.41, 5.74) is 1.99. The maximum Gasteiger partial charge on any atom is 0.115 e. The van der Waals surface area contributed by atoms with Gasteiger partial charge in [-0.15, -0.1) is 0 Å². The van der Waals surface area contributed by atoms with Crippen LogP contribution in [0.25, 0.3) is 0 Å². The predicted octanol–water partition coefficient (Wildman–Crippen LogP) is 7.52. The van der Waals surface area contributed by atoms with E-state index >= 15 is 0 Å². The van der Waals surface area contributed by atoms with E-state index in [1.54, 1.807) is 0 Å². The van der Waals surface area contributed by atoms with Crippen LogP contribution in [-0.2, 0) is 6.42 Å². The molecule has 26 heavy (non-hydrogen) atoms. The summed E-state index contributed by atoms with van der Waals surface area (Å²) in [7, 11) is 0. The van der Waals surface area contributed by atoms with Crippen molar-refractivity contribution >= 4 is 0 Å². The van der Waals surface area contributed by atoms with E-state index in [1.807, 2.05) is 12.1 Å². The van der Waals surface area contributed by atoms with Crippen LogP contribution in [0.15, 0.2) is 24.3 Å². The lowest BCUT2D eigenvalue weighted by Crippen LogP contribution is -2.38. The number of hydrogen-bond donors (Lipinski definition) is 1. The highest BCUT2D eigenvalue weighted by Gasteiger charge is 2.41. The van der Waals surface area contributed by atoms with Crippen molar-refractivity contribution < 1.29 is 5.11 Å². The van der Waals surface area contributed by atoms with Gasteiger partial charge < -0.3 is 5.11 Å². The molecule has 1 aromatic carbocycles. The Morgan fingerprint density at radius 3 is 2.12 bits per heavy atom. The Labute approximate surface area is 161 Å². The van der Waals surface area contributed by atoms with Gasteiger partial charge in [-0.05, 0) is 85.8 Å². The third-order valence-corrected chi connectivity index (χ3v) is 7.88. The zero-order valence-corrected chi connectivity index (χ0v) is 17.2. The lowest BCUT2D eigenvalue weighted by atomic mass is 9.57. The first kappa shape index (κ1) is 19.8. The van der Waals surface area contributed by atoms with Crippen LogP contribution in [-0.4, -0.2) is 5.11 Å². The van der Waals surface area contributed by atoms with Crippen LogP contribution in [0.3, 0.4) is 0 Å². The molecule has 1 nitrogen and oxygen atoms in total. The first-order valence-electron chi connectivity index (χ1n) is 11.4. The Hall–Kier alpha value is -0.980. The molecule has 2 aliphatic carbocycles. The molecule has 2 saturated carbocycles. The molecular weight excluding hydrogens is 316 g/mol. The summed E-state index contributed by atoms with van der Waals surface area (Å²) >= 11 is 0. The monoisotopic (exact) mass is 356 g/mol. The van der Waals surface area contributed by atoms with E-state index in [0.717, 1.165) is 17.8 Å². The summed E-state index contributed by atoms with van der Waals surface area (Å²) in [4.78, 5) is 0. The molecule has 0 saturated heterocycles. The number of rotatable bonds is 7. The predicted molar refractivity (Wildman–Crippen MR) is 111 cm³/mol. The maximum absolute atomic E-state index is 9.43. The first-order valence-corrected chi connectivity index (χ1v) is 11.4. The molecule has 0 spiro atoms. The second kappa shape index (κ2) is 9.29. The molecule has 1 unspecified atom stereocenters. The van der Waals surface area contributed by atoms with Gasteiger partial charge in [-0.1, -0.05) is 64.5 Å².